The lowest BCUT2D eigenvalue weighted by molar-refractivity contribution is 0.196. The van der Waals surface area contributed by atoms with Crippen LogP contribution >= 0.6 is 24.2 Å². The first-order chi connectivity index (χ1) is 11.7. The molecule has 0 atom stereocenters. The molecular weight excluding hydrogens is 366 g/mol. The molecule has 0 fully saturated rings. The molecule has 8 nitrogen and oxygen atoms in total. The number of methoxy groups -OCH3 is 1. The number of halogens is 1. The molecule has 0 saturated heterocycles. The summed E-state index contributed by atoms with van der Waals surface area (Å²) in [7, 11) is 3.44. The molecule has 1 aromatic carbocycles. The molecular formula is C15H24ClN5O3S. The zero-order chi connectivity index (χ0) is 17.2. The highest BCUT2D eigenvalue weighted by Gasteiger charge is 2.06. The summed E-state index contributed by atoms with van der Waals surface area (Å²) in [6.07, 6.45) is 1.02. The Morgan fingerprint density at radius 1 is 1.32 bits per heavy atom. The number of ether oxygens (including phenoxy) is 2. The lowest BCUT2D eigenvalue weighted by Crippen LogP contribution is -2.15. The van der Waals surface area contributed by atoms with Crippen molar-refractivity contribution in [2.24, 2.45) is 7.05 Å². The molecule has 0 aliphatic carbocycles. The van der Waals surface area contributed by atoms with Gasteiger partial charge >= 0.3 is 0 Å². The van der Waals surface area contributed by atoms with E-state index in [-0.39, 0.29) is 25.6 Å². The van der Waals surface area contributed by atoms with Gasteiger partial charge < -0.3 is 19.9 Å². The van der Waals surface area contributed by atoms with Gasteiger partial charge in [0.1, 0.15) is 6.61 Å². The van der Waals surface area contributed by atoms with Crippen LogP contribution in [0.1, 0.15) is 12.0 Å². The molecule has 0 spiro atoms. The summed E-state index contributed by atoms with van der Waals surface area (Å²) in [6, 6.07) is 5.80. The summed E-state index contributed by atoms with van der Waals surface area (Å²) in [5.74, 6) is 2.27. The first-order valence-corrected chi connectivity index (χ1v) is 8.69. The number of rotatable bonds is 11. The van der Waals surface area contributed by atoms with Gasteiger partial charge in [0.15, 0.2) is 11.5 Å². The molecule has 0 amide bonds. The quantitative estimate of drug-likeness (QED) is 0.438. The van der Waals surface area contributed by atoms with Gasteiger partial charge in [-0.2, -0.15) is 0 Å². The highest BCUT2D eigenvalue weighted by atomic mass is 35.5. The van der Waals surface area contributed by atoms with Crippen molar-refractivity contribution in [3.8, 4) is 11.5 Å². The maximum atomic E-state index is 8.82. The number of aliphatic hydroxyl groups is 1. The van der Waals surface area contributed by atoms with Crippen LogP contribution in [0, 0.1) is 0 Å². The molecule has 2 rings (SSSR count). The zero-order valence-electron chi connectivity index (χ0n) is 14.3. The van der Waals surface area contributed by atoms with Crippen LogP contribution in [0.4, 0.5) is 0 Å². The second kappa shape index (κ2) is 11.9. The largest absolute Gasteiger partial charge is 0.493 e. The number of hydrogen-bond donors (Lipinski definition) is 2. The molecule has 0 radical (unpaired) electrons. The Morgan fingerprint density at radius 3 is 2.84 bits per heavy atom. The van der Waals surface area contributed by atoms with Gasteiger partial charge in [-0.25, -0.2) is 4.68 Å². The smallest absolute Gasteiger partial charge is 0.209 e. The highest BCUT2D eigenvalue weighted by molar-refractivity contribution is 7.99. The van der Waals surface area contributed by atoms with E-state index < -0.39 is 0 Å². The second-order valence-corrected chi connectivity index (χ2v) is 6.08. The monoisotopic (exact) mass is 389 g/mol. The van der Waals surface area contributed by atoms with Crippen molar-refractivity contribution < 1.29 is 14.6 Å². The number of hydrogen-bond acceptors (Lipinski definition) is 8. The van der Waals surface area contributed by atoms with Gasteiger partial charge in [0.25, 0.3) is 0 Å². The molecule has 140 valence electrons. The number of aryl methyl sites for hydroxylation is 1. The number of aliphatic hydroxyl groups excluding tert-OH is 1. The van der Waals surface area contributed by atoms with Gasteiger partial charge in [-0.15, -0.1) is 17.5 Å². The Labute approximate surface area is 157 Å². The van der Waals surface area contributed by atoms with Crippen LogP contribution in [0.3, 0.4) is 0 Å². The molecule has 10 heteroatoms. The molecule has 25 heavy (non-hydrogen) atoms. The van der Waals surface area contributed by atoms with E-state index >= 15 is 0 Å². The van der Waals surface area contributed by atoms with Crippen molar-refractivity contribution >= 4 is 24.2 Å². The molecule has 2 aromatic rings. The van der Waals surface area contributed by atoms with E-state index in [9.17, 15) is 0 Å². The highest BCUT2D eigenvalue weighted by Crippen LogP contribution is 2.27. The van der Waals surface area contributed by atoms with Crippen molar-refractivity contribution in [2.45, 2.75) is 18.1 Å². The number of tetrazole rings is 1. The van der Waals surface area contributed by atoms with Crippen molar-refractivity contribution in [1.82, 2.24) is 25.5 Å². The number of aromatic nitrogens is 4. The third-order valence-corrected chi connectivity index (χ3v) is 4.31. The van der Waals surface area contributed by atoms with E-state index in [2.05, 4.69) is 20.8 Å². The van der Waals surface area contributed by atoms with E-state index in [0.29, 0.717) is 11.5 Å². The molecule has 2 N–H and O–H groups in total. The Hall–Kier alpha value is -1.55. The first-order valence-electron chi connectivity index (χ1n) is 7.71. The minimum atomic E-state index is -0.0190. The lowest BCUT2D eigenvalue weighted by Gasteiger charge is -2.12. The summed E-state index contributed by atoms with van der Waals surface area (Å²) in [4.78, 5) is 0. The van der Waals surface area contributed by atoms with Crippen LogP contribution in [0.2, 0.25) is 0 Å². The van der Waals surface area contributed by atoms with Gasteiger partial charge in [-0.05, 0) is 41.1 Å². The molecule has 1 aromatic heterocycles. The minimum Gasteiger partial charge on any atom is -0.493 e. The third kappa shape index (κ3) is 7.07. The van der Waals surface area contributed by atoms with Gasteiger partial charge in [-0.1, -0.05) is 17.8 Å². The molecule has 0 aliphatic rings. The van der Waals surface area contributed by atoms with E-state index in [1.54, 1.807) is 23.6 Å². The number of thioether (sulfide) groups is 1. The average Bonchev–Trinajstić information content (AvgIpc) is 3.01. The average molecular weight is 390 g/mol. The molecule has 0 bridgehead atoms. The summed E-state index contributed by atoms with van der Waals surface area (Å²) in [5, 5.41) is 24.4. The maximum Gasteiger partial charge on any atom is 0.209 e. The van der Waals surface area contributed by atoms with Crippen LogP contribution in [0.15, 0.2) is 23.4 Å². The van der Waals surface area contributed by atoms with Crippen LogP contribution in [0.5, 0.6) is 11.5 Å². The molecule has 0 saturated carbocycles. The third-order valence-electron chi connectivity index (χ3n) is 3.22. The SMILES string of the molecule is COc1cc(CNCCCSc2nnnn2C)ccc1OCCO.Cl. The lowest BCUT2D eigenvalue weighted by atomic mass is 10.2. The molecule has 0 unspecified atom stereocenters. The first kappa shape index (κ1) is 21.5. The van der Waals surface area contributed by atoms with Crippen molar-refractivity contribution in [3.63, 3.8) is 0 Å². The number of nitrogens with zero attached hydrogens (tertiary/aromatic N) is 4. The number of nitrogens with one attached hydrogen (secondary N) is 1. The van der Waals surface area contributed by atoms with E-state index in [0.717, 1.165) is 36.0 Å². The van der Waals surface area contributed by atoms with Crippen LogP contribution in [-0.4, -0.2) is 57.9 Å². The van der Waals surface area contributed by atoms with E-state index in [4.69, 9.17) is 14.6 Å². The van der Waals surface area contributed by atoms with Gasteiger partial charge in [-0.3, -0.25) is 0 Å². The van der Waals surface area contributed by atoms with E-state index in [1.807, 2.05) is 25.2 Å². The molecule has 1 heterocycles. The second-order valence-electron chi connectivity index (χ2n) is 5.02. The Morgan fingerprint density at radius 2 is 2.16 bits per heavy atom. The summed E-state index contributed by atoms with van der Waals surface area (Å²) in [5.41, 5.74) is 1.12. The standard InChI is InChI=1S/C15H23N5O3S.ClH/c1-20-15(17-18-19-20)24-9-3-6-16-11-12-4-5-13(23-8-7-21)14(10-12)22-2;/h4-5,10,16,21H,3,6-9,11H2,1-2H3;1H. The summed E-state index contributed by atoms with van der Waals surface area (Å²) >= 11 is 1.65. The fraction of sp³-hybridized carbons (Fsp3) is 0.533. The fourth-order valence-electron chi connectivity index (χ4n) is 2.03. The van der Waals surface area contributed by atoms with Gasteiger partial charge in [0, 0.05) is 19.3 Å². The van der Waals surface area contributed by atoms with E-state index in [1.165, 1.54) is 0 Å². The van der Waals surface area contributed by atoms with Crippen molar-refractivity contribution in [2.75, 3.05) is 32.6 Å². The normalized spacial score (nSPS) is 10.4. The van der Waals surface area contributed by atoms with Gasteiger partial charge in [0.2, 0.25) is 5.16 Å². The maximum absolute atomic E-state index is 8.82. The topological polar surface area (TPSA) is 94.3 Å². The van der Waals surface area contributed by atoms with Crippen LogP contribution in [-0.2, 0) is 13.6 Å². The predicted octanol–water partition coefficient (Wildman–Crippen LogP) is 1.28. The minimum absolute atomic E-state index is 0. The Kier molecular flexibility index (Phi) is 10.2. The van der Waals surface area contributed by atoms with Crippen LogP contribution in [0.25, 0.3) is 0 Å². The van der Waals surface area contributed by atoms with Crippen molar-refractivity contribution in [3.05, 3.63) is 23.8 Å². The summed E-state index contributed by atoms with van der Waals surface area (Å²) in [6.45, 7) is 1.90. The van der Waals surface area contributed by atoms with Gasteiger partial charge in [0.05, 0.1) is 13.7 Å². The zero-order valence-corrected chi connectivity index (χ0v) is 16.0. The predicted molar refractivity (Wildman–Crippen MR) is 98.7 cm³/mol. The van der Waals surface area contributed by atoms with Crippen LogP contribution < -0.4 is 14.8 Å². The Bertz CT molecular complexity index is 629. The molecule has 0 aliphatic heterocycles. The fourth-order valence-corrected chi connectivity index (χ4v) is 2.82. The van der Waals surface area contributed by atoms with Crippen molar-refractivity contribution in [1.29, 1.82) is 0 Å². The summed E-state index contributed by atoms with van der Waals surface area (Å²) < 4.78 is 12.4. The Balaban J connectivity index is 0.00000312. The number of benzene rings is 1.